The van der Waals surface area contributed by atoms with Gasteiger partial charge in [-0.25, -0.2) is 9.97 Å². The molecule has 2 aromatic carbocycles. The number of thiophene rings is 2. The van der Waals surface area contributed by atoms with Gasteiger partial charge in [-0.3, -0.25) is 9.59 Å². The van der Waals surface area contributed by atoms with Crippen molar-refractivity contribution in [2.45, 2.75) is 64.8 Å². The van der Waals surface area contributed by atoms with Gasteiger partial charge in [-0.05, 0) is 54.7 Å². The number of hydrogen-bond acceptors (Lipinski definition) is 8. The Morgan fingerprint density at radius 1 is 0.783 bits per heavy atom. The molecular weight excluding hydrogens is 617 g/mol. The van der Waals surface area contributed by atoms with Crippen LogP contribution in [0, 0.1) is 6.92 Å². The summed E-state index contributed by atoms with van der Waals surface area (Å²) in [5.74, 6) is -0.297. The number of carbonyl (C=O) groups excluding carboxylic acids is 2. The molecule has 238 valence electrons. The van der Waals surface area contributed by atoms with Gasteiger partial charge in [0.2, 0.25) is 5.91 Å². The maximum Gasteiger partial charge on any atom is 0.262 e. The molecule has 0 saturated carbocycles. The molecular formula is C36H38N4O4S2. The smallest absolute Gasteiger partial charge is 0.262 e. The standard InChI is InChI=1S/C36H38N4O4S2/c1-21-6-10-24(11-7-21)28-14-15-29(45-28)26-19-37-32(38-20-26)25-12-8-23(9-13-25)18-27(33(41)39-22(2)35(43)44)40-34(42)30-16-17-31(46-30)36(3,4)5/h6-17,19-20,22,27,35,43-44H,18H2,1-5H3,(H,39,41)(H,40,42)/t22-,27+/m1/s1. The van der Waals surface area contributed by atoms with E-state index in [1.807, 2.05) is 42.7 Å². The molecule has 0 radical (unpaired) electrons. The monoisotopic (exact) mass is 654 g/mol. The molecule has 5 aromatic rings. The maximum atomic E-state index is 13.2. The third kappa shape index (κ3) is 8.13. The first-order chi connectivity index (χ1) is 21.9. The average Bonchev–Trinajstić information content (AvgIpc) is 3.73. The lowest BCUT2D eigenvalue weighted by atomic mass is 9.95. The van der Waals surface area contributed by atoms with E-state index < -0.39 is 24.3 Å². The Labute approximate surface area is 277 Å². The summed E-state index contributed by atoms with van der Waals surface area (Å²) in [5.41, 5.74) is 4.87. The maximum absolute atomic E-state index is 13.2. The highest BCUT2D eigenvalue weighted by Crippen LogP contribution is 2.34. The molecule has 10 heteroatoms. The summed E-state index contributed by atoms with van der Waals surface area (Å²) in [4.78, 5) is 39.4. The van der Waals surface area contributed by atoms with E-state index in [1.54, 1.807) is 17.4 Å². The van der Waals surface area contributed by atoms with Gasteiger partial charge in [0, 0.05) is 44.6 Å². The second-order valence-corrected chi connectivity index (χ2v) is 14.5. The van der Waals surface area contributed by atoms with Crippen LogP contribution in [0.15, 0.2) is 85.2 Å². The highest BCUT2D eigenvalue weighted by molar-refractivity contribution is 7.18. The molecule has 2 amide bonds. The molecule has 0 bridgehead atoms. The summed E-state index contributed by atoms with van der Waals surface area (Å²) < 4.78 is 0. The molecule has 0 spiro atoms. The summed E-state index contributed by atoms with van der Waals surface area (Å²) >= 11 is 3.09. The Morgan fingerprint density at radius 2 is 1.39 bits per heavy atom. The van der Waals surface area contributed by atoms with E-state index in [0.717, 1.165) is 26.4 Å². The molecule has 0 saturated heterocycles. The van der Waals surface area contributed by atoms with Gasteiger partial charge in [-0.1, -0.05) is 74.9 Å². The predicted octanol–water partition coefficient (Wildman–Crippen LogP) is 6.36. The Morgan fingerprint density at radius 3 is 1.98 bits per heavy atom. The van der Waals surface area contributed by atoms with Gasteiger partial charge in [0.25, 0.3) is 5.91 Å². The fourth-order valence-electron chi connectivity index (χ4n) is 4.70. The van der Waals surface area contributed by atoms with E-state index in [9.17, 15) is 19.8 Å². The van der Waals surface area contributed by atoms with Gasteiger partial charge >= 0.3 is 0 Å². The highest BCUT2D eigenvalue weighted by atomic mass is 32.1. The molecule has 0 aliphatic heterocycles. The average molecular weight is 655 g/mol. The van der Waals surface area contributed by atoms with Crippen LogP contribution in [0.5, 0.6) is 0 Å². The van der Waals surface area contributed by atoms with Crippen molar-refractivity contribution in [3.8, 4) is 32.3 Å². The molecule has 4 N–H and O–H groups in total. The van der Waals surface area contributed by atoms with Crippen molar-refractivity contribution in [3.05, 3.63) is 106 Å². The zero-order valence-electron chi connectivity index (χ0n) is 26.4. The van der Waals surface area contributed by atoms with Crippen molar-refractivity contribution in [2.24, 2.45) is 0 Å². The Hall–Kier alpha value is -4.22. The summed E-state index contributed by atoms with van der Waals surface area (Å²) in [7, 11) is 0. The minimum absolute atomic E-state index is 0.104. The van der Waals surface area contributed by atoms with Gasteiger partial charge in [-0.15, -0.1) is 22.7 Å². The number of carbonyl (C=O) groups is 2. The van der Waals surface area contributed by atoms with Crippen molar-refractivity contribution >= 4 is 34.5 Å². The topological polar surface area (TPSA) is 124 Å². The molecule has 3 heterocycles. The summed E-state index contributed by atoms with van der Waals surface area (Å²) in [6, 6.07) is 22.0. The van der Waals surface area contributed by atoms with Gasteiger partial charge in [0.1, 0.15) is 6.04 Å². The van der Waals surface area contributed by atoms with Crippen molar-refractivity contribution in [1.29, 1.82) is 0 Å². The number of benzene rings is 2. The second kappa shape index (κ2) is 14.0. The number of hydrogen-bond donors (Lipinski definition) is 4. The first-order valence-electron chi connectivity index (χ1n) is 15.0. The van der Waals surface area contributed by atoms with Gasteiger partial charge in [0.15, 0.2) is 12.1 Å². The number of aryl methyl sites for hydroxylation is 1. The number of aliphatic hydroxyl groups is 2. The zero-order valence-corrected chi connectivity index (χ0v) is 28.1. The lowest BCUT2D eigenvalue weighted by molar-refractivity contribution is -0.128. The lowest BCUT2D eigenvalue weighted by Gasteiger charge is -2.22. The third-order valence-corrected chi connectivity index (χ3v) is 10.2. The quantitative estimate of drug-likeness (QED) is 0.130. The molecule has 46 heavy (non-hydrogen) atoms. The zero-order chi connectivity index (χ0) is 33.0. The van der Waals surface area contributed by atoms with Crippen LogP contribution in [0.3, 0.4) is 0 Å². The molecule has 0 fully saturated rings. The van der Waals surface area contributed by atoms with Crippen molar-refractivity contribution < 1.29 is 19.8 Å². The van der Waals surface area contributed by atoms with E-state index in [1.165, 1.54) is 34.3 Å². The van der Waals surface area contributed by atoms with Crippen LogP contribution in [0.25, 0.3) is 32.3 Å². The first kappa shape index (κ1) is 33.2. The van der Waals surface area contributed by atoms with Gasteiger partial charge in [0.05, 0.1) is 10.9 Å². The molecule has 3 aromatic heterocycles. The predicted molar refractivity (Wildman–Crippen MR) is 185 cm³/mol. The van der Waals surface area contributed by atoms with E-state index >= 15 is 0 Å². The number of aromatic nitrogens is 2. The van der Waals surface area contributed by atoms with Crippen LogP contribution in [0.2, 0.25) is 0 Å². The second-order valence-electron chi connectivity index (χ2n) is 12.4. The van der Waals surface area contributed by atoms with Gasteiger partial charge < -0.3 is 20.8 Å². The summed E-state index contributed by atoms with van der Waals surface area (Å²) in [6.07, 6.45) is 2.12. The molecule has 0 aliphatic carbocycles. The Kier molecular flexibility index (Phi) is 10.1. The number of nitrogens with one attached hydrogen (secondary N) is 2. The number of amides is 2. The van der Waals surface area contributed by atoms with E-state index in [0.29, 0.717) is 10.7 Å². The molecule has 5 rings (SSSR count). The minimum Gasteiger partial charge on any atom is -0.366 e. The SMILES string of the molecule is Cc1ccc(-c2ccc(-c3cnc(-c4ccc(C[C@H](NC(=O)c5ccc(C(C)(C)C)s5)C(=O)N[C@H](C)C(O)O)cc4)nc3)s2)cc1. The Balaban J connectivity index is 1.28. The lowest BCUT2D eigenvalue weighted by Crippen LogP contribution is -2.52. The Bertz CT molecular complexity index is 1790. The van der Waals surface area contributed by atoms with Crippen LogP contribution in [-0.2, 0) is 16.6 Å². The van der Waals surface area contributed by atoms with Crippen molar-refractivity contribution in [1.82, 2.24) is 20.6 Å². The van der Waals surface area contributed by atoms with E-state index in [2.05, 4.69) is 84.7 Å². The number of rotatable bonds is 10. The van der Waals surface area contributed by atoms with E-state index in [4.69, 9.17) is 0 Å². The van der Waals surface area contributed by atoms with E-state index in [-0.39, 0.29) is 17.7 Å². The van der Waals surface area contributed by atoms with Crippen molar-refractivity contribution in [2.75, 3.05) is 0 Å². The third-order valence-electron chi connectivity index (χ3n) is 7.54. The van der Waals surface area contributed by atoms with Crippen LogP contribution >= 0.6 is 22.7 Å². The minimum atomic E-state index is -1.73. The molecule has 2 atom stereocenters. The largest absolute Gasteiger partial charge is 0.366 e. The van der Waals surface area contributed by atoms with Crippen LogP contribution in [0.4, 0.5) is 0 Å². The fraction of sp³-hybridized carbons (Fsp3) is 0.278. The van der Waals surface area contributed by atoms with Gasteiger partial charge in [-0.2, -0.15) is 0 Å². The summed E-state index contributed by atoms with van der Waals surface area (Å²) in [6.45, 7) is 9.79. The molecule has 0 unspecified atom stereocenters. The fourth-order valence-corrected chi connectivity index (χ4v) is 6.65. The van der Waals surface area contributed by atoms with Crippen LogP contribution in [-0.4, -0.2) is 50.4 Å². The number of nitrogens with zero attached hydrogens (tertiary/aromatic N) is 2. The van der Waals surface area contributed by atoms with Crippen LogP contribution < -0.4 is 10.6 Å². The highest BCUT2D eigenvalue weighted by Gasteiger charge is 2.26. The summed E-state index contributed by atoms with van der Waals surface area (Å²) in [5, 5.41) is 24.4. The van der Waals surface area contributed by atoms with Crippen LogP contribution in [0.1, 0.15) is 53.4 Å². The molecule has 0 aliphatic rings. The normalized spacial score (nSPS) is 13.0. The number of aliphatic hydroxyl groups excluding tert-OH is 1. The molecule has 8 nitrogen and oxygen atoms in total. The first-order valence-corrected chi connectivity index (χ1v) is 16.7. The van der Waals surface area contributed by atoms with Crippen molar-refractivity contribution in [3.63, 3.8) is 0 Å².